The lowest BCUT2D eigenvalue weighted by Gasteiger charge is -2.36. The van der Waals surface area contributed by atoms with Gasteiger partial charge in [-0.1, -0.05) is 121 Å². The van der Waals surface area contributed by atoms with Crippen LogP contribution in [0.15, 0.2) is 192 Å². The number of aromatic nitrogens is 2. The number of fused-ring (bicyclic) bond motifs is 12. The van der Waals surface area contributed by atoms with Gasteiger partial charge in [-0.05, 0) is 77.4 Å². The number of benzene rings is 7. The van der Waals surface area contributed by atoms with E-state index in [1.165, 1.54) is 49.6 Å². The standard InChI is InChI=1S/C50H34N4O/c1-3-13-31(14-4-1)47-37-18-7-10-20-40(37)51-50(52-47)32-23-25-34(26-24-32)53-41-21-11-8-19-38(41)45-42(53)30-28-39-46-43(54(48(39)45)33-15-5-2-6-16-33)29-27-36-35-17-9-12-22-44(35)55-49(36)46/h1-30,40,50-52H. The van der Waals surface area contributed by atoms with Crippen LogP contribution in [0, 0.1) is 0 Å². The van der Waals surface area contributed by atoms with Crippen LogP contribution in [0.5, 0.6) is 0 Å². The van der Waals surface area contributed by atoms with Crippen molar-refractivity contribution in [3.8, 4) is 11.4 Å². The zero-order chi connectivity index (χ0) is 36.0. The molecule has 5 heteroatoms. The van der Waals surface area contributed by atoms with Crippen LogP contribution < -0.4 is 10.6 Å². The van der Waals surface area contributed by atoms with E-state index >= 15 is 0 Å². The number of rotatable bonds is 4. The van der Waals surface area contributed by atoms with Gasteiger partial charge in [0.1, 0.15) is 17.3 Å². The molecular weight excluding hydrogens is 673 g/mol. The Hall–Kier alpha value is -7.08. The molecular formula is C50H34N4O. The first-order valence-electron chi connectivity index (χ1n) is 18.9. The van der Waals surface area contributed by atoms with Crippen molar-refractivity contribution >= 4 is 71.2 Å². The Morgan fingerprint density at radius 1 is 0.509 bits per heavy atom. The molecule has 0 spiro atoms. The van der Waals surface area contributed by atoms with E-state index in [2.05, 4.69) is 196 Å². The number of nitrogens with zero attached hydrogens (tertiary/aromatic N) is 2. The van der Waals surface area contributed by atoms with Crippen LogP contribution in [0.25, 0.3) is 82.6 Å². The lowest BCUT2D eigenvalue weighted by Crippen LogP contribution is -2.45. The van der Waals surface area contributed by atoms with Crippen molar-refractivity contribution in [1.82, 2.24) is 19.8 Å². The van der Waals surface area contributed by atoms with Gasteiger partial charge < -0.3 is 18.9 Å². The normalized spacial score (nSPS) is 16.9. The number of furan rings is 1. The summed E-state index contributed by atoms with van der Waals surface area (Å²) in [6, 6.07) is 56.8. The van der Waals surface area contributed by atoms with Crippen LogP contribution in [-0.4, -0.2) is 15.2 Å². The maximum Gasteiger partial charge on any atom is 0.145 e. The lowest BCUT2D eigenvalue weighted by molar-refractivity contribution is 0.460. The van der Waals surface area contributed by atoms with Crippen molar-refractivity contribution in [2.75, 3.05) is 0 Å². The summed E-state index contributed by atoms with van der Waals surface area (Å²) >= 11 is 0. The Kier molecular flexibility index (Phi) is 6.47. The highest BCUT2D eigenvalue weighted by atomic mass is 16.3. The van der Waals surface area contributed by atoms with Gasteiger partial charge in [0.05, 0.1) is 33.5 Å². The average Bonchev–Trinajstić information content (AvgIpc) is 3.91. The third kappa shape index (κ3) is 4.45. The second-order valence-corrected chi connectivity index (χ2v) is 14.6. The number of nitrogens with one attached hydrogen (secondary N) is 2. The molecule has 12 rings (SSSR count). The fraction of sp³-hybridized carbons (Fsp3) is 0.0400. The van der Waals surface area contributed by atoms with Crippen molar-refractivity contribution in [3.05, 3.63) is 199 Å². The molecule has 55 heavy (non-hydrogen) atoms. The minimum atomic E-state index is -0.0522. The van der Waals surface area contributed by atoms with Crippen molar-refractivity contribution < 1.29 is 4.42 Å². The third-order valence-corrected chi connectivity index (χ3v) is 11.6. The van der Waals surface area contributed by atoms with E-state index in [1.807, 2.05) is 6.07 Å². The molecule has 3 aromatic heterocycles. The number of allylic oxidation sites excluding steroid dienone is 2. The van der Waals surface area contributed by atoms with Gasteiger partial charge in [-0.25, -0.2) is 0 Å². The molecule has 2 N–H and O–H groups in total. The topological polar surface area (TPSA) is 47.1 Å². The fourth-order valence-electron chi connectivity index (χ4n) is 9.17. The molecule has 7 aromatic carbocycles. The van der Waals surface area contributed by atoms with Crippen molar-refractivity contribution in [3.63, 3.8) is 0 Å². The van der Waals surface area contributed by atoms with E-state index in [1.54, 1.807) is 0 Å². The number of hydrogen-bond donors (Lipinski definition) is 2. The minimum absolute atomic E-state index is 0.0522. The first-order chi connectivity index (χ1) is 27.3. The molecule has 4 heterocycles. The Bertz CT molecular complexity index is 3250. The van der Waals surface area contributed by atoms with Gasteiger partial charge >= 0.3 is 0 Å². The van der Waals surface area contributed by atoms with Gasteiger partial charge in [-0.3, -0.25) is 5.32 Å². The summed E-state index contributed by atoms with van der Waals surface area (Å²) in [5.74, 6) is 0. The summed E-state index contributed by atoms with van der Waals surface area (Å²) in [6.45, 7) is 0. The Morgan fingerprint density at radius 3 is 2.04 bits per heavy atom. The van der Waals surface area contributed by atoms with Crippen LogP contribution >= 0.6 is 0 Å². The van der Waals surface area contributed by atoms with Crippen molar-refractivity contribution in [2.45, 2.75) is 12.2 Å². The van der Waals surface area contributed by atoms with E-state index in [4.69, 9.17) is 4.42 Å². The molecule has 2 unspecified atom stereocenters. The smallest absolute Gasteiger partial charge is 0.145 e. The Balaban J connectivity index is 1.06. The van der Waals surface area contributed by atoms with E-state index in [-0.39, 0.29) is 12.2 Å². The second kappa shape index (κ2) is 11.7. The summed E-state index contributed by atoms with van der Waals surface area (Å²) in [4.78, 5) is 0. The van der Waals surface area contributed by atoms with Gasteiger partial charge in [0, 0.05) is 44.0 Å². The summed E-state index contributed by atoms with van der Waals surface area (Å²) in [6.07, 6.45) is 8.65. The monoisotopic (exact) mass is 706 g/mol. The van der Waals surface area contributed by atoms with Crippen molar-refractivity contribution in [2.24, 2.45) is 0 Å². The first-order valence-corrected chi connectivity index (χ1v) is 18.9. The fourth-order valence-corrected chi connectivity index (χ4v) is 9.17. The molecule has 0 saturated heterocycles. The van der Waals surface area contributed by atoms with Crippen LogP contribution in [-0.2, 0) is 0 Å². The summed E-state index contributed by atoms with van der Waals surface area (Å²) in [5.41, 5.74) is 13.5. The molecule has 2 atom stereocenters. The Labute approximate surface area is 316 Å². The predicted octanol–water partition coefficient (Wildman–Crippen LogP) is 11.9. The zero-order valence-electron chi connectivity index (χ0n) is 29.8. The molecule has 0 saturated carbocycles. The minimum Gasteiger partial charge on any atom is -0.455 e. The molecule has 0 amide bonds. The van der Waals surface area contributed by atoms with E-state index in [9.17, 15) is 0 Å². The van der Waals surface area contributed by atoms with Gasteiger partial charge in [-0.2, -0.15) is 0 Å². The number of para-hydroxylation sites is 3. The molecule has 5 nitrogen and oxygen atoms in total. The highest BCUT2D eigenvalue weighted by Gasteiger charge is 2.28. The highest BCUT2D eigenvalue weighted by Crippen LogP contribution is 2.45. The Morgan fingerprint density at radius 2 is 1.20 bits per heavy atom. The van der Waals surface area contributed by atoms with Crippen LogP contribution in [0.2, 0.25) is 0 Å². The average molecular weight is 707 g/mol. The molecule has 1 aliphatic heterocycles. The SMILES string of the molecule is C1=CC2=C(c3ccccc3)NC(c3ccc(-n4c5ccccc5c5c4ccc4c6c7oc8ccccc8c7ccc6n(-c6ccccc6)c45)cc3)NC2C=C1. The van der Waals surface area contributed by atoms with Crippen LogP contribution in [0.3, 0.4) is 0 Å². The molecule has 0 bridgehead atoms. The van der Waals surface area contributed by atoms with E-state index in [0.29, 0.717) is 0 Å². The first kappa shape index (κ1) is 30.4. The quantitative estimate of drug-likeness (QED) is 0.192. The summed E-state index contributed by atoms with van der Waals surface area (Å²) in [5, 5.41) is 14.7. The van der Waals surface area contributed by atoms with Crippen molar-refractivity contribution in [1.29, 1.82) is 0 Å². The molecule has 0 radical (unpaired) electrons. The molecule has 2 aliphatic rings. The molecule has 260 valence electrons. The van der Waals surface area contributed by atoms with Crippen LogP contribution in [0.4, 0.5) is 0 Å². The van der Waals surface area contributed by atoms with Gasteiger partial charge in [-0.15, -0.1) is 0 Å². The van der Waals surface area contributed by atoms with E-state index < -0.39 is 0 Å². The van der Waals surface area contributed by atoms with Crippen LogP contribution in [0.1, 0.15) is 17.3 Å². The molecule has 10 aromatic rings. The molecule has 1 aliphatic carbocycles. The van der Waals surface area contributed by atoms with Gasteiger partial charge in [0.25, 0.3) is 0 Å². The maximum atomic E-state index is 6.68. The lowest BCUT2D eigenvalue weighted by atomic mass is 9.92. The number of hydrogen-bond acceptors (Lipinski definition) is 3. The second-order valence-electron chi connectivity index (χ2n) is 14.6. The summed E-state index contributed by atoms with van der Waals surface area (Å²) in [7, 11) is 0. The highest BCUT2D eigenvalue weighted by molar-refractivity contribution is 6.30. The van der Waals surface area contributed by atoms with Gasteiger partial charge in [0.2, 0.25) is 0 Å². The predicted molar refractivity (Wildman–Crippen MR) is 227 cm³/mol. The third-order valence-electron chi connectivity index (χ3n) is 11.6. The maximum absolute atomic E-state index is 6.68. The van der Waals surface area contributed by atoms with Gasteiger partial charge in [0.15, 0.2) is 0 Å². The summed E-state index contributed by atoms with van der Waals surface area (Å²) < 4.78 is 11.5. The van der Waals surface area contributed by atoms with E-state index in [0.717, 1.165) is 49.7 Å². The largest absolute Gasteiger partial charge is 0.455 e. The zero-order valence-corrected chi connectivity index (χ0v) is 29.8. The molecule has 0 fully saturated rings.